The van der Waals surface area contributed by atoms with E-state index in [4.69, 9.17) is 0 Å². The van der Waals surface area contributed by atoms with Crippen LogP contribution in [-0.4, -0.2) is 60.5 Å². The van der Waals surface area contributed by atoms with Crippen LogP contribution in [0.3, 0.4) is 0 Å². The Kier molecular flexibility index (Phi) is 9.29. The number of amides is 2. The van der Waals surface area contributed by atoms with Crippen molar-refractivity contribution in [1.29, 1.82) is 0 Å². The van der Waals surface area contributed by atoms with Crippen LogP contribution in [0.2, 0.25) is 0 Å². The van der Waals surface area contributed by atoms with E-state index in [0.29, 0.717) is 6.07 Å². The Morgan fingerprint density at radius 1 is 1.07 bits per heavy atom. The van der Waals surface area contributed by atoms with E-state index >= 15 is 0 Å². The van der Waals surface area contributed by atoms with Crippen molar-refractivity contribution in [2.75, 3.05) is 13.1 Å². The van der Waals surface area contributed by atoms with E-state index in [1.807, 2.05) is 0 Å². The van der Waals surface area contributed by atoms with Crippen LogP contribution in [0.1, 0.15) is 67.7 Å². The van der Waals surface area contributed by atoms with E-state index in [9.17, 15) is 36.0 Å². The third kappa shape index (κ3) is 7.27. The zero-order valence-electron chi connectivity index (χ0n) is 21.7. The first kappa shape index (κ1) is 29.7. The fraction of sp³-hybridized carbons (Fsp3) is 0.538. The van der Waals surface area contributed by atoms with E-state index in [-0.39, 0.29) is 36.8 Å². The van der Waals surface area contributed by atoms with Gasteiger partial charge in [-0.2, -0.15) is 17.5 Å². The van der Waals surface area contributed by atoms with Gasteiger partial charge >= 0.3 is 6.18 Å². The highest BCUT2D eigenvalue weighted by Gasteiger charge is 2.37. The normalized spacial score (nSPS) is 20.5. The van der Waals surface area contributed by atoms with Crippen molar-refractivity contribution in [2.45, 2.75) is 74.7 Å². The molecule has 2 N–H and O–H groups in total. The average Bonchev–Trinajstić information content (AvgIpc) is 3.37. The van der Waals surface area contributed by atoms with E-state index in [0.717, 1.165) is 42.5 Å². The van der Waals surface area contributed by atoms with Crippen LogP contribution in [0, 0.1) is 5.92 Å². The summed E-state index contributed by atoms with van der Waals surface area (Å²) in [7, 11) is -4.02. The number of hydrogen-bond acceptors (Lipinski definition) is 7. The summed E-state index contributed by atoms with van der Waals surface area (Å²) >= 11 is 0. The van der Waals surface area contributed by atoms with Gasteiger partial charge in [0.1, 0.15) is 6.04 Å². The van der Waals surface area contributed by atoms with Crippen LogP contribution < -0.4 is 10.6 Å². The van der Waals surface area contributed by atoms with Crippen LogP contribution >= 0.6 is 0 Å². The standard InChI is InChI=1S/C26H31F3N4O6S/c27-26(28,29)22-12-11-21(39-22)25(36)32-19(15-17-7-2-1-3-8-17)24(35)31-18-9-6-14-33(16-20(18)34)40(37,38)23-10-4-5-13-30-23/h4-5,10-13,17-19H,1-3,6-9,14-16H2,(H,31,35)(H,32,36). The van der Waals surface area contributed by atoms with E-state index < -0.39 is 63.9 Å². The molecule has 3 heterocycles. The van der Waals surface area contributed by atoms with Gasteiger partial charge in [0.2, 0.25) is 11.7 Å². The van der Waals surface area contributed by atoms with Gasteiger partial charge in [0.25, 0.3) is 15.9 Å². The number of hydrogen-bond donors (Lipinski definition) is 2. The lowest BCUT2D eigenvalue weighted by Crippen LogP contribution is -2.53. The van der Waals surface area contributed by atoms with Gasteiger partial charge in [-0.1, -0.05) is 38.2 Å². The topological polar surface area (TPSA) is 139 Å². The second kappa shape index (κ2) is 12.5. The van der Waals surface area contributed by atoms with Crippen LogP contribution in [-0.2, 0) is 25.8 Å². The molecule has 14 heteroatoms. The first-order valence-electron chi connectivity index (χ1n) is 13.2. The van der Waals surface area contributed by atoms with E-state index in [2.05, 4.69) is 20.0 Å². The molecule has 1 saturated heterocycles. The SMILES string of the molecule is O=C(NC(CC1CCCCC1)C(=O)NC1CCCN(S(=O)(=O)c2ccccn2)CC1=O)c1ccc(C(F)(F)F)o1. The number of sulfonamides is 1. The maximum absolute atomic E-state index is 13.3. The van der Waals surface area contributed by atoms with Crippen molar-refractivity contribution < 1.29 is 40.4 Å². The molecule has 2 unspecified atom stereocenters. The van der Waals surface area contributed by atoms with Crippen LogP contribution in [0.15, 0.2) is 46.0 Å². The zero-order valence-corrected chi connectivity index (χ0v) is 22.5. The van der Waals surface area contributed by atoms with Gasteiger partial charge in [-0.05, 0) is 49.4 Å². The summed E-state index contributed by atoms with van der Waals surface area (Å²) in [5.74, 6) is -3.98. The number of nitrogens with zero attached hydrogens (tertiary/aromatic N) is 2. The average molecular weight is 585 g/mol. The quantitative estimate of drug-likeness (QED) is 0.486. The molecule has 0 radical (unpaired) electrons. The number of carbonyl (C=O) groups is 3. The maximum atomic E-state index is 13.3. The third-order valence-electron chi connectivity index (χ3n) is 7.20. The Bertz CT molecular complexity index is 1310. The number of furan rings is 1. The number of Topliss-reactive ketones (excluding diaryl/α,β-unsaturated/α-hetero) is 1. The molecule has 2 aromatic rings. The second-order valence-corrected chi connectivity index (χ2v) is 12.0. The van der Waals surface area contributed by atoms with Gasteiger partial charge in [0.05, 0.1) is 12.6 Å². The summed E-state index contributed by atoms with van der Waals surface area (Å²) in [5.41, 5.74) is 0. The number of alkyl halides is 3. The van der Waals surface area contributed by atoms with E-state index in [1.165, 1.54) is 18.3 Å². The number of ketones is 1. The molecule has 2 atom stereocenters. The van der Waals surface area contributed by atoms with Crippen LogP contribution in [0.25, 0.3) is 0 Å². The van der Waals surface area contributed by atoms with Gasteiger partial charge in [0, 0.05) is 12.7 Å². The van der Waals surface area contributed by atoms with Gasteiger partial charge in [-0.15, -0.1) is 0 Å². The highest BCUT2D eigenvalue weighted by molar-refractivity contribution is 7.89. The van der Waals surface area contributed by atoms with Crippen molar-refractivity contribution in [2.24, 2.45) is 5.92 Å². The number of nitrogens with one attached hydrogen (secondary N) is 2. The predicted octanol–water partition coefficient (Wildman–Crippen LogP) is 3.30. The number of aromatic nitrogens is 1. The third-order valence-corrected chi connectivity index (χ3v) is 8.97. The molecule has 0 bridgehead atoms. The second-order valence-electron chi connectivity index (χ2n) is 10.1. The van der Waals surface area contributed by atoms with Gasteiger partial charge in [-0.3, -0.25) is 14.4 Å². The molecule has 2 amide bonds. The smallest absolute Gasteiger partial charge is 0.446 e. The van der Waals surface area contributed by atoms with Crippen molar-refractivity contribution in [3.8, 4) is 0 Å². The minimum Gasteiger partial charge on any atom is -0.446 e. The van der Waals surface area contributed by atoms with Crippen molar-refractivity contribution in [1.82, 2.24) is 19.9 Å². The van der Waals surface area contributed by atoms with Crippen LogP contribution in [0.5, 0.6) is 0 Å². The molecular weight excluding hydrogens is 553 g/mol. The fourth-order valence-electron chi connectivity index (χ4n) is 5.09. The van der Waals surface area contributed by atoms with Gasteiger partial charge < -0.3 is 15.1 Å². The lowest BCUT2D eigenvalue weighted by molar-refractivity contribution is -0.153. The lowest BCUT2D eigenvalue weighted by atomic mass is 9.84. The van der Waals surface area contributed by atoms with Crippen molar-refractivity contribution in [3.63, 3.8) is 0 Å². The van der Waals surface area contributed by atoms with Gasteiger partial charge in [-0.25, -0.2) is 13.4 Å². The predicted molar refractivity (Wildman–Crippen MR) is 135 cm³/mol. The van der Waals surface area contributed by atoms with Crippen molar-refractivity contribution in [3.05, 3.63) is 48.0 Å². The molecule has 10 nitrogen and oxygen atoms in total. The first-order chi connectivity index (χ1) is 18.9. The molecule has 1 aliphatic carbocycles. The molecule has 0 spiro atoms. The molecular formula is C26H31F3N4O6S. The number of rotatable bonds is 8. The highest BCUT2D eigenvalue weighted by Crippen LogP contribution is 2.31. The molecule has 0 aromatic carbocycles. The summed E-state index contributed by atoms with van der Waals surface area (Å²) < 4.78 is 70.4. The zero-order chi connectivity index (χ0) is 28.9. The largest absolute Gasteiger partial charge is 0.449 e. The van der Waals surface area contributed by atoms with Crippen molar-refractivity contribution >= 4 is 27.6 Å². The summed E-state index contributed by atoms with van der Waals surface area (Å²) in [5, 5.41) is 4.94. The Morgan fingerprint density at radius 2 is 1.82 bits per heavy atom. The molecule has 1 saturated carbocycles. The van der Waals surface area contributed by atoms with Crippen LogP contribution in [0.4, 0.5) is 13.2 Å². The Hall–Kier alpha value is -3.26. The van der Waals surface area contributed by atoms with Gasteiger partial charge in [0.15, 0.2) is 16.6 Å². The van der Waals surface area contributed by atoms with E-state index in [1.54, 1.807) is 6.07 Å². The minimum absolute atomic E-state index is 0.0549. The number of pyridine rings is 1. The minimum atomic E-state index is -4.77. The fourth-order valence-corrected chi connectivity index (χ4v) is 6.46. The Labute approximate surface area is 229 Å². The molecule has 218 valence electrons. The molecule has 40 heavy (non-hydrogen) atoms. The number of halogens is 3. The monoisotopic (exact) mass is 584 g/mol. The Morgan fingerprint density at radius 3 is 2.48 bits per heavy atom. The summed E-state index contributed by atoms with van der Waals surface area (Å²) in [6.45, 7) is -0.407. The highest BCUT2D eigenvalue weighted by atomic mass is 32.2. The Balaban J connectivity index is 1.45. The first-order valence-corrected chi connectivity index (χ1v) is 14.6. The molecule has 4 rings (SSSR count). The molecule has 2 aliphatic rings. The lowest BCUT2D eigenvalue weighted by Gasteiger charge is -2.27. The summed E-state index contributed by atoms with van der Waals surface area (Å²) in [4.78, 5) is 43.0. The summed E-state index contributed by atoms with van der Waals surface area (Å²) in [6.07, 6.45) is 1.92. The molecule has 1 aliphatic heterocycles. The molecule has 2 fully saturated rings. The number of carbonyl (C=O) groups excluding carboxylic acids is 3. The maximum Gasteiger partial charge on any atom is 0.449 e. The summed E-state index contributed by atoms with van der Waals surface area (Å²) in [6, 6.07) is 3.83. The molecule has 2 aromatic heterocycles.